The zero-order valence-electron chi connectivity index (χ0n) is 20.2. The number of ether oxygens (including phenoxy) is 1. The van der Waals surface area contributed by atoms with Gasteiger partial charge in [-0.25, -0.2) is 0 Å². The van der Waals surface area contributed by atoms with Crippen molar-refractivity contribution in [2.24, 2.45) is 0 Å². The van der Waals surface area contributed by atoms with E-state index in [2.05, 4.69) is 5.32 Å². The Labute approximate surface area is 207 Å². The quantitative estimate of drug-likeness (QED) is 0.370. The molecule has 6 nitrogen and oxygen atoms in total. The number of rotatable bonds is 13. The minimum Gasteiger partial charge on any atom is -0.497 e. The minimum atomic E-state index is -0.679. The van der Waals surface area contributed by atoms with Crippen LogP contribution in [0.4, 0.5) is 0 Å². The van der Waals surface area contributed by atoms with Gasteiger partial charge in [-0.1, -0.05) is 72.8 Å². The monoisotopic (exact) mass is 474 g/mol. The van der Waals surface area contributed by atoms with Crippen LogP contribution in [0.3, 0.4) is 0 Å². The predicted molar refractivity (Wildman–Crippen MR) is 137 cm³/mol. The molecule has 0 fully saturated rings. The highest BCUT2D eigenvalue weighted by Gasteiger charge is 2.30. The maximum atomic E-state index is 13.6. The molecule has 6 heteroatoms. The fourth-order valence-electron chi connectivity index (χ4n) is 3.93. The molecule has 184 valence electrons. The number of aliphatic hydroxyl groups excluding tert-OH is 1. The van der Waals surface area contributed by atoms with Crippen molar-refractivity contribution >= 4 is 11.8 Å². The average molecular weight is 475 g/mol. The van der Waals surface area contributed by atoms with Gasteiger partial charge in [-0.15, -0.1) is 0 Å². The van der Waals surface area contributed by atoms with Gasteiger partial charge in [-0.2, -0.15) is 0 Å². The Morgan fingerprint density at radius 1 is 0.886 bits per heavy atom. The third-order valence-electron chi connectivity index (χ3n) is 5.89. The lowest BCUT2D eigenvalue weighted by Gasteiger charge is -2.31. The number of amides is 2. The molecule has 1 atom stereocenters. The van der Waals surface area contributed by atoms with Crippen LogP contribution >= 0.6 is 0 Å². The minimum absolute atomic E-state index is 0.00476. The zero-order chi connectivity index (χ0) is 24.9. The molecule has 2 N–H and O–H groups in total. The number of nitrogens with one attached hydrogen (secondary N) is 1. The summed E-state index contributed by atoms with van der Waals surface area (Å²) in [6.45, 7) is 0.660. The van der Waals surface area contributed by atoms with Crippen LogP contribution in [0.2, 0.25) is 0 Å². The van der Waals surface area contributed by atoms with E-state index in [1.54, 1.807) is 12.0 Å². The Morgan fingerprint density at radius 3 is 2.11 bits per heavy atom. The van der Waals surface area contributed by atoms with Crippen molar-refractivity contribution in [3.63, 3.8) is 0 Å². The molecule has 0 heterocycles. The molecule has 0 radical (unpaired) electrons. The molecule has 0 bridgehead atoms. The molecule has 2 amide bonds. The maximum Gasteiger partial charge on any atom is 0.243 e. The van der Waals surface area contributed by atoms with E-state index in [4.69, 9.17) is 9.84 Å². The number of aliphatic hydroxyl groups is 1. The average Bonchev–Trinajstić information content (AvgIpc) is 2.91. The van der Waals surface area contributed by atoms with Crippen LogP contribution < -0.4 is 10.1 Å². The van der Waals surface area contributed by atoms with Crippen molar-refractivity contribution in [2.75, 3.05) is 20.3 Å². The smallest absolute Gasteiger partial charge is 0.243 e. The summed E-state index contributed by atoms with van der Waals surface area (Å²) in [6.07, 6.45) is 1.77. The summed E-state index contributed by atoms with van der Waals surface area (Å²) >= 11 is 0. The van der Waals surface area contributed by atoms with Gasteiger partial charge in [0.2, 0.25) is 11.8 Å². The van der Waals surface area contributed by atoms with E-state index < -0.39 is 6.04 Å². The summed E-state index contributed by atoms with van der Waals surface area (Å²) in [5.41, 5.74) is 2.97. The van der Waals surface area contributed by atoms with Gasteiger partial charge in [0.15, 0.2) is 0 Å². The molecular formula is C29H34N2O4. The normalized spacial score (nSPS) is 11.5. The van der Waals surface area contributed by atoms with Crippen molar-refractivity contribution in [3.05, 3.63) is 102 Å². The van der Waals surface area contributed by atoms with Crippen LogP contribution in [0.1, 0.15) is 29.5 Å². The largest absolute Gasteiger partial charge is 0.497 e. The molecule has 0 aromatic heterocycles. The van der Waals surface area contributed by atoms with Crippen LogP contribution in [0.15, 0.2) is 84.9 Å². The lowest BCUT2D eigenvalue weighted by atomic mass is 10.0. The van der Waals surface area contributed by atoms with Gasteiger partial charge in [-0.3, -0.25) is 9.59 Å². The highest BCUT2D eigenvalue weighted by Crippen LogP contribution is 2.19. The standard InChI is InChI=1S/C29H34N2O4/c1-35-26-16-13-25(14-17-26)22-31(28(33)18-15-23-9-4-2-5-10-23)27(29(34)30-19-8-20-32)21-24-11-6-3-7-12-24/h2-7,9-14,16-17,27,32H,8,15,18-22H2,1H3,(H,30,34)/t27-/m0/s1. The molecule has 3 rings (SSSR count). The van der Waals surface area contributed by atoms with E-state index in [-0.39, 0.29) is 18.4 Å². The molecule has 3 aromatic carbocycles. The number of benzene rings is 3. The molecule has 0 unspecified atom stereocenters. The van der Waals surface area contributed by atoms with Crippen molar-refractivity contribution in [1.29, 1.82) is 0 Å². The first-order valence-corrected chi connectivity index (χ1v) is 12.0. The van der Waals surface area contributed by atoms with E-state index >= 15 is 0 Å². The van der Waals surface area contributed by atoms with Gasteiger partial charge < -0.3 is 20.1 Å². The molecule has 0 aliphatic carbocycles. The highest BCUT2D eigenvalue weighted by atomic mass is 16.5. The number of nitrogens with zero attached hydrogens (tertiary/aromatic N) is 1. The fourth-order valence-corrected chi connectivity index (χ4v) is 3.93. The first-order valence-electron chi connectivity index (χ1n) is 12.0. The zero-order valence-corrected chi connectivity index (χ0v) is 20.2. The number of hydrogen-bond acceptors (Lipinski definition) is 4. The van der Waals surface area contributed by atoms with Crippen LogP contribution in [-0.2, 0) is 29.0 Å². The topological polar surface area (TPSA) is 78.9 Å². The molecule has 0 saturated heterocycles. The Morgan fingerprint density at radius 2 is 1.51 bits per heavy atom. The molecule has 0 aliphatic rings. The Kier molecular flexibility index (Phi) is 10.3. The van der Waals surface area contributed by atoms with E-state index in [0.717, 1.165) is 22.4 Å². The summed E-state index contributed by atoms with van der Waals surface area (Å²) in [7, 11) is 1.61. The Balaban J connectivity index is 1.87. The van der Waals surface area contributed by atoms with Gasteiger partial charge in [-0.05, 0) is 41.7 Å². The van der Waals surface area contributed by atoms with Crippen LogP contribution in [0.5, 0.6) is 5.75 Å². The third kappa shape index (κ3) is 8.26. The van der Waals surface area contributed by atoms with E-state index in [1.165, 1.54) is 0 Å². The maximum absolute atomic E-state index is 13.6. The summed E-state index contributed by atoms with van der Waals surface area (Å²) in [4.78, 5) is 28.6. The lowest BCUT2D eigenvalue weighted by Crippen LogP contribution is -2.50. The van der Waals surface area contributed by atoms with Crippen LogP contribution in [0.25, 0.3) is 0 Å². The van der Waals surface area contributed by atoms with E-state index in [0.29, 0.717) is 38.8 Å². The third-order valence-corrected chi connectivity index (χ3v) is 5.89. The molecule has 0 spiro atoms. The summed E-state index contributed by atoms with van der Waals surface area (Å²) in [6, 6.07) is 26.5. The first-order chi connectivity index (χ1) is 17.1. The van der Waals surface area contributed by atoms with Gasteiger partial charge >= 0.3 is 0 Å². The first kappa shape index (κ1) is 26.0. The second kappa shape index (κ2) is 13.9. The predicted octanol–water partition coefficient (Wildman–Crippen LogP) is 3.77. The summed E-state index contributed by atoms with van der Waals surface area (Å²) < 4.78 is 5.26. The van der Waals surface area contributed by atoms with Gasteiger partial charge in [0.25, 0.3) is 0 Å². The molecule has 0 saturated carbocycles. The van der Waals surface area contributed by atoms with E-state index in [1.807, 2.05) is 84.9 Å². The Hall–Kier alpha value is -3.64. The molecular weight excluding hydrogens is 440 g/mol. The second-order valence-corrected chi connectivity index (χ2v) is 8.43. The number of carbonyl (C=O) groups is 2. The van der Waals surface area contributed by atoms with Crippen molar-refractivity contribution in [2.45, 2.75) is 38.3 Å². The van der Waals surface area contributed by atoms with Crippen molar-refractivity contribution in [3.8, 4) is 5.75 Å². The van der Waals surface area contributed by atoms with Gasteiger partial charge in [0, 0.05) is 32.5 Å². The number of carbonyl (C=O) groups excluding carboxylic acids is 2. The van der Waals surface area contributed by atoms with Crippen LogP contribution in [0, 0.1) is 0 Å². The van der Waals surface area contributed by atoms with Crippen molar-refractivity contribution in [1.82, 2.24) is 10.2 Å². The fraction of sp³-hybridized carbons (Fsp3) is 0.310. The van der Waals surface area contributed by atoms with Crippen molar-refractivity contribution < 1.29 is 19.4 Å². The summed E-state index contributed by atoms with van der Waals surface area (Å²) in [5, 5.41) is 12.0. The molecule has 0 aliphatic heterocycles. The SMILES string of the molecule is COc1ccc(CN(C(=O)CCc2ccccc2)[C@@H](Cc2ccccc2)C(=O)NCCCO)cc1. The Bertz CT molecular complexity index is 1040. The molecule has 3 aromatic rings. The number of hydrogen-bond donors (Lipinski definition) is 2. The second-order valence-electron chi connectivity index (χ2n) is 8.43. The van der Waals surface area contributed by atoms with Gasteiger partial charge in [0.05, 0.1) is 7.11 Å². The summed E-state index contributed by atoms with van der Waals surface area (Å²) in [5.74, 6) is 0.435. The number of methoxy groups -OCH3 is 1. The lowest BCUT2D eigenvalue weighted by molar-refractivity contribution is -0.141. The highest BCUT2D eigenvalue weighted by molar-refractivity contribution is 5.88. The van der Waals surface area contributed by atoms with Crippen LogP contribution in [-0.4, -0.2) is 48.1 Å². The molecule has 35 heavy (non-hydrogen) atoms. The number of aryl methyl sites for hydroxylation is 1. The van der Waals surface area contributed by atoms with Gasteiger partial charge in [0.1, 0.15) is 11.8 Å². The van der Waals surface area contributed by atoms with E-state index in [9.17, 15) is 9.59 Å².